The Morgan fingerprint density at radius 3 is 2.75 bits per heavy atom. The highest BCUT2D eigenvalue weighted by molar-refractivity contribution is 5.49. The molecule has 0 aliphatic carbocycles. The van der Waals surface area contributed by atoms with Crippen LogP contribution in [-0.2, 0) is 6.61 Å². The van der Waals surface area contributed by atoms with Crippen LogP contribution in [0.2, 0.25) is 0 Å². The van der Waals surface area contributed by atoms with E-state index in [1.54, 1.807) is 13.0 Å². The molecule has 0 radical (unpaired) electrons. The van der Waals surface area contributed by atoms with Crippen molar-refractivity contribution in [2.24, 2.45) is 0 Å². The number of benzene rings is 2. The Labute approximate surface area is 139 Å². The van der Waals surface area contributed by atoms with Gasteiger partial charge in [0.25, 0.3) is 0 Å². The summed E-state index contributed by atoms with van der Waals surface area (Å²) in [6.45, 7) is 4.00. The molecule has 6 heteroatoms. The Kier molecular flexibility index (Phi) is 4.74. The molecule has 0 aliphatic rings. The number of aryl methyl sites for hydroxylation is 1. The van der Waals surface area contributed by atoms with Gasteiger partial charge in [-0.05, 0) is 36.8 Å². The number of anilines is 1. The molecule has 0 spiro atoms. The van der Waals surface area contributed by atoms with Gasteiger partial charge in [-0.15, -0.1) is 10.2 Å². The van der Waals surface area contributed by atoms with Crippen LogP contribution < -0.4 is 10.1 Å². The normalized spacial score (nSPS) is 12.0. The summed E-state index contributed by atoms with van der Waals surface area (Å²) in [4.78, 5) is 0. The molecule has 0 aliphatic heterocycles. The van der Waals surface area contributed by atoms with Crippen molar-refractivity contribution < 1.29 is 13.5 Å². The zero-order valence-corrected chi connectivity index (χ0v) is 13.5. The summed E-state index contributed by atoms with van der Waals surface area (Å²) in [6, 6.07) is 13.8. The third-order valence-electron chi connectivity index (χ3n) is 3.42. The van der Waals surface area contributed by atoms with E-state index < -0.39 is 0 Å². The zero-order chi connectivity index (χ0) is 16.9. The minimum Gasteiger partial charge on any atom is -0.489 e. The molecule has 124 valence electrons. The second-order valence-electron chi connectivity index (χ2n) is 5.47. The van der Waals surface area contributed by atoms with Crippen LogP contribution in [0.3, 0.4) is 0 Å². The van der Waals surface area contributed by atoms with Crippen LogP contribution in [0, 0.1) is 12.7 Å². The molecule has 5 nitrogen and oxygen atoms in total. The number of halogens is 1. The van der Waals surface area contributed by atoms with Gasteiger partial charge in [-0.2, -0.15) is 0 Å². The van der Waals surface area contributed by atoms with Crippen LogP contribution in [0.15, 0.2) is 52.9 Å². The van der Waals surface area contributed by atoms with E-state index in [1.165, 1.54) is 12.1 Å². The summed E-state index contributed by atoms with van der Waals surface area (Å²) in [5.41, 5.74) is 1.65. The third kappa shape index (κ3) is 4.10. The number of nitrogens with zero attached hydrogens (tertiary/aromatic N) is 2. The van der Waals surface area contributed by atoms with Crippen molar-refractivity contribution in [2.75, 3.05) is 5.32 Å². The van der Waals surface area contributed by atoms with E-state index in [4.69, 9.17) is 9.15 Å². The SMILES string of the molecule is Cc1nnc([C@@H](C)Nc2cccc(OCc3cccc(F)c3)c2)o1. The van der Waals surface area contributed by atoms with Crippen molar-refractivity contribution in [3.05, 3.63) is 71.7 Å². The van der Waals surface area contributed by atoms with Gasteiger partial charge in [0.2, 0.25) is 11.8 Å². The van der Waals surface area contributed by atoms with Crippen LogP contribution in [0.25, 0.3) is 0 Å². The van der Waals surface area contributed by atoms with Gasteiger partial charge in [0.05, 0.1) is 0 Å². The minimum absolute atomic E-state index is 0.121. The molecule has 0 unspecified atom stereocenters. The summed E-state index contributed by atoms with van der Waals surface area (Å²) in [7, 11) is 0. The first kappa shape index (κ1) is 16.0. The molecule has 3 aromatic rings. The quantitative estimate of drug-likeness (QED) is 0.732. The van der Waals surface area contributed by atoms with Crippen LogP contribution in [0.5, 0.6) is 5.75 Å². The highest BCUT2D eigenvalue weighted by Crippen LogP contribution is 2.23. The van der Waals surface area contributed by atoms with Crippen LogP contribution >= 0.6 is 0 Å². The molecule has 0 saturated heterocycles. The van der Waals surface area contributed by atoms with Crippen molar-refractivity contribution >= 4 is 5.69 Å². The number of aromatic nitrogens is 2. The maximum atomic E-state index is 13.2. The highest BCUT2D eigenvalue weighted by Gasteiger charge is 2.12. The maximum Gasteiger partial charge on any atom is 0.238 e. The van der Waals surface area contributed by atoms with E-state index in [1.807, 2.05) is 37.3 Å². The predicted octanol–water partition coefficient (Wildman–Crippen LogP) is 4.27. The molecule has 1 N–H and O–H groups in total. The molecule has 3 rings (SSSR count). The maximum absolute atomic E-state index is 13.2. The lowest BCUT2D eigenvalue weighted by molar-refractivity contribution is 0.305. The molecular formula is C18H18FN3O2. The first-order valence-electron chi connectivity index (χ1n) is 7.64. The van der Waals surface area contributed by atoms with Crippen molar-refractivity contribution in [1.82, 2.24) is 10.2 Å². The van der Waals surface area contributed by atoms with E-state index in [-0.39, 0.29) is 11.9 Å². The van der Waals surface area contributed by atoms with Crippen molar-refractivity contribution in [1.29, 1.82) is 0 Å². The number of hydrogen-bond donors (Lipinski definition) is 1. The number of ether oxygens (including phenoxy) is 1. The number of hydrogen-bond acceptors (Lipinski definition) is 5. The first-order valence-corrected chi connectivity index (χ1v) is 7.64. The Balaban J connectivity index is 1.63. The molecule has 0 saturated carbocycles. The molecule has 24 heavy (non-hydrogen) atoms. The molecule has 0 fully saturated rings. The standard InChI is InChI=1S/C18H18FN3O2/c1-12(18-22-21-13(2)24-18)20-16-7-4-8-17(10-16)23-11-14-5-3-6-15(19)9-14/h3-10,12,20H,11H2,1-2H3/t12-/m1/s1. The van der Waals surface area contributed by atoms with Gasteiger partial charge < -0.3 is 14.5 Å². The average molecular weight is 327 g/mol. The van der Waals surface area contributed by atoms with Gasteiger partial charge in [0.1, 0.15) is 24.2 Å². The molecule has 0 bridgehead atoms. The van der Waals surface area contributed by atoms with Crippen molar-refractivity contribution in [2.45, 2.75) is 26.5 Å². The number of nitrogens with one attached hydrogen (secondary N) is 1. The Morgan fingerprint density at radius 1 is 1.17 bits per heavy atom. The smallest absolute Gasteiger partial charge is 0.238 e. The molecule has 1 heterocycles. The van der Waals surface area contributed by atoms with E-state index in [0.29, 0.717) is 24.1 Å². The second kappa shape index (κ2) is 7.12. The predicted molar refractivity (Wildman–Crippen MR) is 88.2 cm³/mol. The Hall–Kier alpha value is -2.89. The van der Waals surface area contributed by atoms with Gasteiger partial charge >= 0.3 is 0 Å². The van der Waals surface area contributed by atoms with Gasteiger partial charge in [0.15, 0.2) is 0 Å². The van der Waals surface area contributed by atoms with E-state index in [0.717, 1.165) is 11.3 Å². The highest BCUT2D eigenvalue weighted by atomic mass is 19.1. The van der Waals surface area contributed by atoms with Gasteiger partial charge in [-0.25, -0.2) is 4.39 Å². The van der Waals surface area contributed by atoms with Gasteiger partial charge in [-0.3, -0.25) is 0 Å². The third-order valence-corrected chi connectivity index (χ3v) is 3.42. The summed E-state index contributed by atoms with van der Waals surface area (Å²) in [5, 5.41) is 11.1. The molecule has 1 atom stereocenters. The van der Waals surface area contributed by atoms with Crippen LogP contribution in [0.1, 0.15) is 30.3 Å². The fourth-order valence-electron chi connectivity index (χ4n) is 2.27. The molecule has 2 aromatic carbocycles. The van der Waals surface area contributed by atoms with Crippen molar-refractivity contribution in [3.63, 3.8) is 0 Å². The fourth-order valence-corrected chi connectivity index (χ4v) is 2.27. The summed E-state index contributed by atoms with van der Waals surface area (Å²) in [6.07, 6.45) is 0. The lowest BCUT2D eigenvalue weighted by Crippen LogP contribution is -2.07. The fraction of sp³-hybridized carbons (Fsp3) is 0.222. The first-order chi connectivity index (χ1) is 11.6. The van der Waals surface area contributed by atoms with Gasteiger partial charge in [0, 0.05) is 18.7 Å². The Morgan fingerprint density at radius 2 is 2.00 bits per heavy atom. The largest absolute Gasteiger partial charge is 0.489 e. The Bertz CT molecular complexity index is 819. The summed E-state index contributed by atoms with van der Waals surface area (Å²) >= 11 is 0. The number of rotatable bonds is 6. The van der Waals surface area contributed by atoms with Crippen molar-refractivity contribution in [3.8, 4) is 5.75 Å². The van der Waals surface area contributed by atoms with Gasteiger partial charge in [-0.1, -0.05) is 18.2 Å². The minimum atomic E-state index is -0.268. The summed E-state index contributed by atoms with van der Waals surface area (Å²) < 4.78 is 24.3. The van der Waals surface area contributed by atoms with Crippen LogP contribution in [-0.4, -0.2) is 10.2 Å². The lowest BCUT2D eigenvalue weighted by atomic mass is 10.2. The molecular weight excluding hydrogens is 309 g/mol. The second-order valence-corrected chi connectivity index (χ2v) is 5.47. The van der Waals surface area contributed by atoms with E-state index >= 15 is 0 Å². The van der Waals surface area contributed by atoms with Crippen LogP contribution in [0.4, 0.5) is 10.1 Å². The lowest BCUT2D eigenvalue weighted by Gasteiger charge is -2.13. The summed E-state index contributed by atoms with van der Waals surface area (Å²) in [5.74, 6) is 1.48. The molecule has 0 amide bonds. The van der Waals surface area contributed by atoms with E-state index in [2.05, 4.69) is 15.5 Å². The average Bonchev–Trinajstić information content (AvgIpc) is 3.00. The molecule has 1 aromatic heterocycles. The zero-order valence-electron chi connectivity index (χ0n) is 13.5. The monoisotopic (exact) mass is 327 g/mol. The topological polar surface area (TPSA) is 60.2 Å². The van der Waals surface area contributed by atoms with E-state index in [9.17, 15) is 4.39 Å².